The molecule has 2 aromatic carbocycles. The van der Waals surface area contributed by atoms with Crippen LogP contribution in [0.1, 0.15) is 31.9 Å². The average Bonchev–Trinajstić information content (AvgIpc) is 3.24. The highest BCUT2D eigenvalue weighted by Crippen LogP contribution is 2.37. The molecule has 1 atom stereocenters. The zero-order chi connectivity index (χ0) is 26.3. The second kappa shape index (κ2) is 11.8. The highest BCUT2D eigenvalue weighted by Gasteiger charge is 2.47. The highest BCUT2D eigenvalue weighted by atomic mass is 35.5. The lowest BCUT2D eigenvalue weighted by Gasteiger charge is -2.31. The highest BCUT2D eigenvalue weighted by molar-refractivity contribution is 7.87. The van der Waals surface area contributed by atoms with Crippen molar-refractivity contribution in [3.8, 4) is 0 Å². The van der Waals surface area contributed by atoms with Gasteiger partial charge in [-0.15, -0.1) is 4.40 Å². The molecule has 3 rings (SSSR count). The van der Waals surface area contributed by atoms with Crippen molar-refractivity contribution in [3.63, 3.8) is 0 Å². The number of halogens is 1. The number of rotatable bonds is 10. The van der Waals surface area contributed by atoms with E-state index in [9.17, 15) is 13.2 Å². The van der Waals surface area contributed by atoms with Crippen LogP contribution >= 0.6 is 11.6 Å². The smallest absolute Gasteiger partial charge is 0.323 e. The maximum atomic E-state index is 12.8. The zero-order valence-corrected chi connectivity index (χ0v) is 22.0. The molecule has 2 aromatic rings. The minimum Gasteiger partial charge on any atom is -0.366 e. The van der Waals surface area contributed by atoms with Crippen molar-refractivity contribution >= 4 is 39.3 Å². The van der Waals surface area contributed by atoms with Crippen LogP contribution in [0.3, 0.4) is 0 Å². The van der Waals surface area contributed by atoms with Gasteiger partial charge in [-0.2, -0.15) is 17.8 Å². The van der Waals surface area contributed by atoms with Crippen molar-refractivity contribution in [2.75, 3.05) is 26.2 Å². The minimum absolute atomic E-state index is 0.0617. The fourth-order valence-corrected chi connectivity index (χ4v) is 5.24. The Labute approximate surface area is 217 Å². The first-order valence-electron chi connectivity index (χ1n) is 11.5. The fraction of sp³-hybridized carbons (Fsp3) is 0.320. The van der Waals surface area contributed by atoms with Gasteiger partial charge in [-0.3, -0.25) is 4.79 Å². The van der Waals surface area contributed by atoms with Gasteiger partial charge < -0.3 is 10.5 Å². The SMILES string of the molecule is CCN(CC)S(=O)(=O)/N=C(\C)N1CC(OC/C=C/C(N)=O)(c2ccccc2)C(c2ccc(Cl)cc2)=N1. The lowest BCUT2D eigenvalue weighted by Crippen LogP contribution is -2.43. The number of hydrazone groups is 1. The first kappa shape index (κ1) is 27.5. The predicted octanol–water partition coefficient (Wildman–Crippen LogP) is 3.32. The number of nitrogens with two attached hydrogens (primary N) is 1. The summed E-state index contributed by atoms with van der Waals surface area (Å²) in [6.07, 6.45) is 2.76. The number of nitrogens with zero attached hydrogens (tertiary/aromatic N) is 4. The summed E-state index contributed by atoms with van der Waals surface area (Å²) in [4.78, 5) is 11.2. The zero-order valence-electron chi connectivity index (χ0n) is 20.5. The van der Waals surface area contributed by atoms with E-state index < -0.39 is 21.7 Å². The molecule has 0 bridgehead atoms. The standard InChI is InChI=1S/C25H30ClN5O4S/c1-4-30(5-2)36(33,34)29-19(3)31-18-25(21-10-7-6-8-11-21,35-17-9-12-23(27)32)24(28-31)20-13-15-22(26)16-14-20/h6-16H,4-5,17-18H2,1-3H3,(H2,27,32)/b12-9+,29-19+. The number of ether oxygens (including phenoxy) is 1. The molecule has 0 spiro atoms. The number of hydrogen-bond acceptors (Lipinski definition) is 5. The van der Waals surface area contributed by atoms with Crippen LogP contribution in [0, 0.1) is 0 Å². The molecule has 1 unspecified atom stereocenters. The molecule has 9 nitrogen and oxygen atoms in total. The predicted molar refractivity (Wildman–Crippen MR) is 142 cm³/mol. The maximum absolute atomic E-state index is 12.8. The van der Waals surface area contributed by atoms with Crippen LogP contribution < -0.4 is 5.73 Å². The van der Waals surface area contributed by atoms with E-state index >= 15 is 0 Å². The first-order valence-corrected chi connectivity index (χ1v) is 13.2. The van der Waals surface area contributed by atoms with E-state index in [1.807, 2.05) is 42.5 Å². The topological polar surface area (TPSA) is 118 Å². The lowest BCUT2D eigenvalue weighted by atomic mass is 9.85. The van der Waals surface area contributed by atoms with E-state index in [0.717, 1.165) is 11.1 Å². The Morgan fingerprint density at radius 2 is 1.83 bits per heavy atom. The normalized spacial score (nSPS) is 18.8. The molecule has 0 fully saturated rings. The molecule has 0 saturated heterocycles. The molecule has 0 saturated carbocycles. The Balaban J connectivity index is 2.13. The molecule has 2 N–H and O–H groups in total. The second-order valence-corrected chi connectivity index (χ2v) is 10.1. The quantitative estimate of drug-likeness (QED) is 0.287. The summed E-state index contributed by atoms with van der Waals surface area (Å²) in [7, 11) is -3.89. The van der Waals surface area contributed by atoms with E-state index in [0.29, 0.717) is 23.8 Å². The van der Waals surface area contributed by atoms with Gasteiger partial charge >= 0.3 is 10.2 Å². The monoisotopic (exact) mass is 531 g/mol. The maximum Gasteiger partial charge on any atom is 0.323 e. The molecule has 1 aliphatic rings. The third-order valence-electron chi connectivity index (χ3n) is 5.69. The molecular weight excluding hydrogens is 502 g/mol. The third kappa shape index (κ3) is 6.19. The molecule has 1 amide bonds. The van der Waals surface area contributed by atoms with Crippen LogP contribution in [0.2, 0.25) is 5.02 Å². The summed E-state index contributed by atoms with van der Waals surface area (Å²) in [5.74, 6) is -0.390. The first-order chi connectivity index (χ1) is 17.1. The van der Waals surface area contributed by atoms with Gasteiger partial charge in [0.25, 0.3) is 0 Å². The molecule has 192 valence electrons. The summed E-state index contributed by atoms with van der Waals surface area (Å²) in [5.41, 5.74) is 6.21. The molecule has 1 heterocycles. The Hall–Kier alpha value is -3.05. The van der Waals surface area contributed by atoms with Gasteiger partial charge in [0.15, 0.2) is 5.60 Å². The number of benzene rings is 2. The van der Waals surface area contributed by atoms with Crippen molar-refractivity contribution in [1.82, 2.24) is 9.31 Å². The summed E-state index contributed by atoms with van der Waals surface area (Å²) in [6.45, 7) is 5.93. The van der Waals surface area contributed by atoms with Crippen molar-refractivity contribution in [3.05, 3.63) is 82.9 Å². The van der Waals surface area contributed by atoms with Crippen molar-refractivity contribution in [2.45, 2.75) is 26.4 Å². The molecule has 11 heteroatoms. The summed E-state index contributed by atoms with van der Waals surface area (Å²) in [6, 6.07) is 16.6. The Morgan fingerprint density at radius 3 is 2.42 bits per heavy atom. The van der Waals surface area contributed by atoms with Crippen LogP contribution in [0.4, 0.5) is 0 Å². The van der Waals surface area contributed by atoms with Gasteiger partial charge in [0, 0.05) is 29.8 Å². The van der Waals surface area contributed by atoms with Crippen molar-refractivity contribution in [1.29, 1.82) is 0 Å². The van der Waals surface area contributed by atoms with E-state index in [4.69, 9.17) is 27.2 Å². The van der Waals surface area contributed by atoms with Crippen molar-refractivity contribution in [2.24, 2.45) is 15.2 Å². The molecule has 0 aliphatic carbocycles. The molecule has 36 heavy (non-hydrogen) atoms. The van der Waals surface area contributed by atoms with Crippen molar-refractivity contribution < 1.29 is 17.9 Å². The van der Waals surface area contributed by atoms with Crippen LogP contribution in [0.25, 0.3) is 0 Å². The molecular formula is C25H30ClN5O4S. The third-order valence-corrected chi connectivity index (χ3v) is 7.61. The van der Waals surface area contributed by atoms with Crippen LogP contribution in [-0.2, 0) is 25.3 Å². The second-order valence-electron chi connectivity index (χ2n) is 8.02. The number of primary amides is 1. The van der Waals surface area contributed by atoms with Gasteiger partial charge in [-0.1, -0.05) is 74.0 Å². The van der Waals surface area contributed by atoms with E-state index in [1.54, 1.807) is 32.9 Å². The number of amides is 1. The van der Waals surface area contributed by atoms with Crippen LogP contribution in [0.15, 0.2) is 76.2 Å². The van der Waals surface area contributed by atoms with E-state index in [-0.39, 0.29) is 19.0 Å². The summed E-state index contributed by atoms with van der Waals surface area (Å²) >= 11 is 6.12. The van der Waals surface area contributed by atoms with Crippen LogP contribution in [-0.4, -0.2) is 61.4 Å². The fourth-order valence-electron chi connectivity index (χ4n) is 3.92. The Bertz CT molecular complexity index is 1260. The van der Waals surface area contributed by atoms with Gasteiger partial charge in [-0.05, 0) is 24.6 Å². The number of hydrogen-bond donors (Lipinski definition) is 1. The van der Waals surface area contributed by atoms with Gasteiger partial charge in [0.05, 0.1) is 13.2 Å². The number of carbonyl (C=O) groups excluding carboxylic acids is 1. The summed E-state index contributed by atoms with van der Waals surface area (Å²) in [5, 5.41) is 6.87. The van der Waals surface area contributed by atoms with E-state index in [1.165, 1.54) is 21.5 Å². The largest absolute Gasteiger partial charge is 0.366 e. The number of carbonyl (C=O) groups is 1. The average molecular weight is 532 g/mol. The number of amidine groups is 1. The van der Waals surface area contributed by atoms with Crippen LogP contribution in [0.5, 0.6) is 0 Å². The minimum atomic E-state index is -3.89. The molecule has 1 aliphatic heterocycles. The van der Waals surface area contributed by atoms with Gasteiger partial charge in [0.1, 0.15) is 11.5 Å². The Kier molecular flexibility index (Phi) is 9.02. The molecule has 0 aromatic heterocycles. The lowest BCUT2D eigenvalue weighted by molar-refractivity contribution is -0.113. The van der Waals surface area contributed by atoms with E-state index in [2.05, 4.69) is 4.40 Å². The van der Waals surface area contributed by atoms with Gasteiger partial charge in [-0.25, -0.2) is 5.01 Å². The Morgan fingerprint density at radius 1 is 1.19 bits per heavy atom. The summed E-state index contributed by atoms with van der Waals surface area (Å²) < 4.78 is 37.4. The molecule has 0 radical (unpaired) electrons. The van der Waals surface area contributed by atoms with Gasteiger partial charge in [0.2, 0.25) is 5.91 Å².